The van der Waals surface area contributed by atoms with E-state index in [0.717, 1.165) is 21.7 Å². The molecule has 0 radical (unpaired) electrons. The third-order valence-electron chi connectivity index (χ3n) is 2.58. The molecule has 0 aliphatic rings. The first-order chi connectivity index (χ1) is 8.26. The molecule has 0 aliphatic heterocycles. The van der Waals surface area contributed by atoms with Gasteiger partial charge in [-0.2, -0.15) is 5.26 Å². The summed E-state index contributed by atoms with van der Waals surface area (Å²) >= 11 is 1.71. The number of nitrogens with one attached hydrogen (secondary N) is 1. The fraction of sp³-hybridized carbons (Fsp3) is 0.0769. The highest BCUT2D eigenvalue weighted by atomic mass is 32.1. The first-order valence-corrected chi connectivity index (χ1v) is 6.04. The predicted octanol–water partition coefficient (Wildman–Crippen LogP) is 3.47. The Balaban J connectivity index is 2.17. The number of nitriles is 1. The summed E-state index contributed by atoms with van der Waals surface area (Å²) in [4.78, 5) is 10.1. The standard InChI is InChI=1S/C13H9N3S/c1-8-2-5-12(17-8)13-15-10-4-3-9(7-14)6-11(10)16-13/h2-6H,1H3,(H,15,16). The Bertz CT molecular complexity index is 731. The maximum Gasteiger partial charge on any atom is 0.148 e. The average molecular weight is 239 g/mol. The van der Waals surface area contributed by atoms with Crippen molar-refractivity contribution in [1.29, 1.82) is 5.26 Å². The van der Waals surface area contributed by atoms with Crippen LogP contribution in [-0.2, 0) is 0 Å². The van der Waals surface area contributed by atoms with E-state index in [1.54, 1.807) is 17.4 Å². The number of H-pyrrole nitrogens is 1. The van der Waals surface area contributed by atoms with Crippen LogP contribution in [0.2, 0.25) is 0 Å². The molecule has 0 saturated carbocycles. The maximum atomic E-state index is 8.84. The lowest BCUT2D eigenvalue weighted by Gasteiger charge is -1.88. The quantitative estimate of drug-likeness (QED) is 0.707. The summed E-state index contributed by atoms with van der Waals surface area (Å²) in [6.07, 6.45) is 0. The highest BCUT2D eigenvalue weighted by Crippen LogP contribution is 2.27. The molecule has 0 amide bonds. The van der Waals surface area contributed by atoms with Gasteiger partial charge in [-0.05, 0) is 37.3 Å². The van der Waals surface area contributed by atoms with Crippen LogP contribution < -0.4 is 0 Å². The summed E-state index contributed by atoms with van der Waals surface area (Å²) in [5, 5.41) is 8.84. The smallest absolute Gasteiger partial charge is 0.148 e. The molecule has 0 fully saturated rings. The monoisotopic (exact) mass is 239 g/mol. The van der Waals surface area contributed by atoms with Gasteiger partial charge in [0.1, 0.15) is 5.82 Å². The average Bonchev–Trinajstić information content (AvgIpc) is 2.93. The minimum Gasteiger partial charge on any atom is -0.337 e. The number of hydrogen-bond donors (Lipinski definition) is 1. The number of rotatable bonds is 1. The zero-order chi connectivity index (χ0) is 11.8. The molecule has 1 N–H and O–H groups in total. The molecule has 3 aromatic rings. The molecule has 3 nitrogen and oxygen atoms in total. The molecule has 0 aliphatic carbocycles. The van der Waals surface area contributed by atoms with Crippen molar-refractivity contribution in [3.63, 3.8) is 0 Å². The van der Waals surface area contributed by atoms with Crippen LogP contribution in [0.3, 0.4) is 0 Å². The van der Waals surface area contributed by atoms with E-state index < -0.39 is 0 Å². The van der Waals surface area contributed by atoms with Crippen LogP contribution in [0.25, 0.3) is 21.7 Å². The molecule has 82 valence electrons. The van der Waals surface area contributed by atoms with Crippen LogP contribution in [0.4, 0.5) is 0 Å². The van der Waals surface area contributed by atoms with Crippen LogP contribution in [-0.4, -0.2) is 9.97 Å². The van der Waals surface area contributed by atoms with Crippen molar-refractivity contribution in [1.82, 2.24) is 9.97 Å². The van der Waals surface area contributed by atoms with E-state index in [0.29, 0.717) is 5.56 Å². The highest BCUT2D eigenvalue weighted by molar-refractivity contribution is 7.15. The Morgan fingerprint density at radius 2 is 2.18 bits per heavy atom. The number of nitrogens with zero attached hydrogens (tertiary/aromatic N) is 2. The minimum atomic E-state index is 0.648. The van der Waals surface area contributed by atoms with Gasteiger partial charge in [-0.3, -0.25) is 0 Å². The lowest BCUT2D eigenvalue weighted by Crippen LogP contribution is -1.73. The van der Waals surface area contributed by atoms with E-state index in [-0.39, 0.29) is 0 Å². The van der Waals surface area contributed by atoms with Crippen molar-refractivity contribution in [3.8, 4) is 16.8 Å². The number of aromatic nitrogens is 2. The molecule has 0 bridgehead atoms. The SMILES string of the molecule is Cc1ccc(-c2nc3ccc(C#N)cc3[nH]2)s1. The molecule has 3 rings (SSSR count). The van der Waals surface area contributed by atoms with E-state index in [9.17, 15) is 0 Å². The summed E-state index contributed by atoms with van der Waals surface area (Å²) in [6.45, 7) is 2.07. The third-order valence-corrected chi connectivity index (χ3v) is 3.59. The normalized spacial score (nSPS) is 10.6. The topological polar surface area (TPSA) is 52.5 Å². The zero-order valence-corrected chi connectivity index (χ0v) is 10.0. The predicted molar refractivity (Wildman–Crippen MR) is 68.9 cm³/mol. The lowest BCUT2D eigenvalue weighted by atomic mass is 10.2. The summed E-state index contributed by atoms with van der Waals surface area (Å²) in [6, 6.07) is 11.7. The third kappa shape index (κ3) is 1.71. The Morgan fingerprint density at radius 1 is 1.29 bits per heavy atom. The van der Waals surface area contributed by atoms with Crippen LogP contribution in [0.15, 0.2) is 30.3 Å². The van der Waals surface area contributed by atoms with Gasteiger partial charge < -0.3 is 4.98 Å². The lowest BCUT2D eigenvalue weighted by molar-refractivity contribution is 1.36. The van der Waals surface area contributed by atoms with Crippen molar-refractivity contribution in [3.05, 3.63) is 40.8 Å². The number of benzene rings is 1. The van der Waals surface area contributed by atoms with Crippen LogP contribution in [0.5, 0.6) is 0 Å². The van der Waals surface area contributed by atoms with Gasteiger partial charge in [0, 0.05) is 4.88 Å². The largest absolute Gasteiger partial charge is 0.337 e. The number of fused-ring (bicyclic) bond motifs is 1. The Kier molecular flexibility index (Phi) is 2.20. The summed E-state index contributed by atoms with van der Waals surface area (Å²) in [5.41, 5.74) is 2.45. The molecule has 2 heterocycles. The molecule has 0 unspecified atom stereocenters. The molecule has 1 aromatic carbocycles. The van der Waals surface area contributed by atoms with E-state index in [4.69, 9.17) is 5.26 Å². The van der Waals surface area contributed by atoms with E-state index >= 15 is 0 Å². The maximum absolute atomic E-state index is 8.84. The summed E-state index contributed by atoms with van der Waals surface area (Å²) in [7, 11) is 0. The molecule has 0 spiro atoms. The Morgan fingerprint density at radius 3 is 2.88 bits per heavy atom. The van der Waals surface area contributed by atoms with Crippen LogP contribution in [0, 0.1) is 18.3 Å². The van der Waals surface area contributed by atoms with E-state index in [1.807, 2.05) is 12.1 Å². The van der Waals surface area contributed by atoms with Crippen molar-refractivity contribution < 1.29 is 0 Å². The van der Waals surface area contributed by atoms with Crippen LogP contribution in [0.1, 0.15) is 10.4 Å². The number of hydrogen-bond acceptors (Lipinski definition) is 3. The van der Waals surface area contributed by atoms with Crippen LogP contribution >= 0.6 is 11.3 Å². The molecular weight excluding hydrogens is 230 g/mol. The van der Waals surface area contributed by atoms with Gasteiger partial charge in [0.15, 0.2) is 0 Å². The van der Waals surface area contributed by atoms with Gasteiger partial charge in [-0.1, -0.05) is 0 Å². The number of thiophene rings is 1. The molecule has 0 atom stereocenters. The van der Waals surface area contributed by atoms with Gasteiger partial charge in [-0.25, -0.2) is 4.98 Å². The van der Waals surface area contributed by atoms with Gasteiger partial charge in [-0.15, -0.1) is 11.3 Å². The Labute approximate surface area is 102 Å². The highest BCUT2D eigenvalue weighted by Gasteiger charge is 2.07. The second kappa shape index (κ2) is 3.72. The van der Waals surface area contributed by atoms with Gasteiger partial charge in [0.05, 0.1) is 27.5 Å². The molecule has 0 saturated heterocycles. The Hall–Kier alpha value is -2.12. The first-order valence-electron chi connectivity index (χ1n) is 5.23. The molecule has 4 heteroatoms. The van der Waals surface area contributed by atoms with Gasteiger partial charge >= 0.3 is 0 Å². The van der Waals surface area contributed by atoms with Gasteiger partial charge in [0.2, 0.25) is 0 Å². The minimum absolute atomic E-state index is 0.648. The van der Waals surface area contributed by atoms with Crippen molar-refractivity contribution in [2.45, 2.75) is 6.92 Å². The first kappa shape index (κ1) is 10.1. The van der Waals surface area contributed by atoms with Gasteiger partial charge in [0.25, 0.3) is 0 Å². The zero-order valence-electron chi connectivity index (χ0n) is 9.19. The molecular formula is C13H9N3S. The van der Waals surface area contributed by atoms with E-state index in [1.165, 1.54) is 4.88 Å². The summed E-state index contributed by atoms with van der Waals surface area (Å²) < 4.78 is 0. The fourth-order valence-electron chi connectivity index (χ4n) is 1.76. The summed E-state index contributed by atoms with van der Waals surface area (Å²) in [5.74, 6) is 0.869. The number of aryl methyl sites for hydroxylation is 1. The molecule has 2 aromatic heterocycles. The molecule has 17 heavy (non-hydrogen) atoms. The van der Waals surface area contributed by atoms with Crippen molar-refractivity contribution in [2.24, 2.45) is 0 Å². The second-order valence-electron chi connectivity index (χ2n) is 3.84. The van der Waals surface area contributed by atoms with Crippen molar-refractivity contribution in [2.75, 3.05) is 0 Å². The second-order valence-corrected chi connectivity index (χ2v) is 5.13. The van der Waals surface area contributed by atoms with Crippen molar-refractivity contribution >= 4 is 22.4 Å². The van der Waals surface area contributed by atoms with E-state index in [2.05, 4.69) is 35.1 Å². The number of aromatic amines is 1. The number of imidazole rings is 1. The fourth-order valence-corrected chi connectivity index (χ4v) is 2.57.